The largest absolute Gasteiger partial charge is 0.332 e. The van der Waals surface area contributed by atoms with Crippen LogP contribution in [0, 0.1) is 0 Å². The highest BCUT2D eigenvalue weighted by molar-refractivity contribution is 5.73. The first-order valence-electron chi connectivity index (χ1n) is 6.25. The van der Waals surface area contributed by atoms with Crippen molar-refractivity contribution in [3.63, 3.8) is 0 Å². The summed E-state index contributed by atoms with van der Waals surface area (Å²) < 4.78 is 4.24. The van der Waals surface area contributed by atoms with Gasteiger partial charge in [0.1, 0.15) is 11.0 Å². The van der Waals surface area contributed by atoms with Crippen LogP contribution in [-0.2, 0) is 20.6 Å². The minimum atomic E-state index is -0.338. The monoisotopic (exact) mass is 270 g/mol. The molecule has 0 N–H and O–H groups in total. The zero-order chi connectivity index (χ0) is 14.3. The van der Waals surface area contributed by atoms with Crippen molar-refractivity contribution < 1.29 is 0 Å². The molecule has 0 radical (unpaired) electrons. The van der Waals surface area contributed by atoms with Gasteiger partial charge in [0.05, 0.1) is 12.7 Å². The second kappa shape index (κ2) is 4.48. The summed E-state index contributed by atoms with van der Waals surface area (Å²) in [5.74, 6) is 0. The normalized spacial score (nSPS) is 11.1. The average molecular weight is 270 g/mol. The maximum absolute atomic E-state index is 12.3. The molecule has 20 heavy (non-hydrogen) atoms. The molecule has 0 unspecified atom stereocenters. The van der Waals surface area contributed by atoms with E-state index >= 15 is 0 Å². The molecule has 3 aromatic rings. The molecule has 0 aliphatic carbocycles. The van der Waals surface area contributed by atoms with Gasteiger partial charge in [-0.3, -0.25) is 18.6 Å². The fourth-order valence-electron chi connectivity index (χ4n) is 2.35. The highest BCUT2D eigenvalue weighted by Crippen LogP contribution is 2.08. The van der Waals surface area contributed by atoms with Crippen LogP contribution in [0.1, 0.15) is 5.56 Å². The Morgan fingerprint density at radius 1 is 1.10 bits per heavy atom. The number of hydrogen-bond acceptors (Lipinski definition) is 3. The zero-order valence-electron chi connectivity index (χ0n) is 11.3. The van der Waals surface area contributed by atoms with Gasteiger partial charge in [-0.1, -0.05) is 30.3 Å². The Bertz CT molecular complexity index is 887. The predicted octanol–water partition coefficient (Wildman–Crippen LogP) is 0.482. The molecule has 2 heterocycles. The molecule has 0 fully saturated rings. The lowest BCUT2D eigenvalue weighted by molar-refractivity contribution is 0.647. The molecule has 2 aromatic heterocycles. The Balaban J connectivity index is 2.32. The summed E-state index contributed by atoms with van der Waals surface area (Å²) >= 11 is 0. The Hall–Kier alpha value is -2.63. The number of fused-ring (bicyclic) bond motifs is 1. The second-order valence-corrected chi connectivity index (χ2v) is 4.72. The lowest BCUT2D eigenvalue weighted by atomic mass is 10.2. The van der Waals surface area contributed by atoms with Crippen LogP contribution in [0.2, 0.25) is 0 Å². The lowest BCUT2D eigenvalue weighted by Crippen LogP contribution is -2.38. The Morgan fingerprint density at radius 3 is 2.50 bits per heavy atom. The fourth-order valence-corrected chi connectivity index (χ4v) is 2.35. The minimum Gasteiger partial charge on any atom is -0.273 e. The first-order valence-corrected chi connectivity index (χ1v) is 6.25. The van der Waals surface area contributed by atoms with Crippen LogP contribution in [0.25, 0.3) is 11.0 Å². The van der Waals surface area contributed by atoms with E-state index in [9.17, 15) is 9.59 Å². The van der Waals surface area contributed by atoms with E-state index in [2.05, 4.69) is 5.10 Å². The molecule has 0 atom stereocenters. The van der Waals surface area contributed by atoms with Gasteiger partial charge < -0.3 is 0 Å². The first kappa shape index (κ1) is 12.4. The lowest BCUT2D eigenvalue weighted by Gasteiger charge is -2.10. The van der Waals surface area contributed by atoms with E-state index in [0.29, 0.717) is 17.6 Å². The van der Waals surface area contributed by atoms with Crippen molar-refractivity contribution >= 4 is 11.0 Å². The number of aromatic nitrogens is 4. The van der Waals surface area contributed by atoms with Crippen molar-refractivity contribution in [1.82, 2.24) is 18.9 Å². The van der Waals surface area contributed by atoms with Gasteiger partial charge in [0, 0.05) is 14.1 Å². The third-order valence-electron chi connectivity index (χ3n) is 3.40. The third-order valence-corrected chi connectivity index (χ3v) is 3.40. The number of aryl methyl sites for hydroxylation is 1. The highest BCUT2D eigenvalue weighted by Gasteiger charge is 2.14. The Morgan fingerprint density at radius 2 is 1.80 bits per heavy atom. The van der Waals surface area contributed by atoms with Gasteiger partial charge in [0.15, 0.2) is 0 Å². The molecule has 0 saturated heterocycles. The van der Waals surface area contributed by atoms with E-state index in [1.807, 2.05) is 30.3 Å². The van der Waals surface area contributed by atoms with Gasteiger partial charge in [0.25, 0.3) is 5.56 Å². The minimum absolute atomic E-state index is 0.317. The van der Waals surface area contributed by atoms with E-state index in [-0.39, 0.29) is 11.2 Å². The standard InChI is InChI=1S/C14H14N4O2/c1-16-13(19)11-8-15-17(2)12(11)18(14(16)20)9-10-6-4-3-5-7-10/h3-8H,9H2,1-2H3. The maximum Gasteiger partial charge on any atom is 0.332 e. The summed E-state index contributed by atoms with van der Waals surface area (Å²) in [6.07, 6.45) is 1.50. The quantitative estimate of drug-likeness (QED) is 0.680. The maximum atomic E-state index is 12.3. The van der Waals surface area contributed by atoms with Crippen LogP contribution < -0.4 is 11.2 Å². The van der Waals surface area contributed by atoms with Gasteiger partial charge in [-0.25, -0.2) is 4.79 Å². The number of hydrogen-bond donors (Lipinski definition) is 0. The van der Waals surface area contributed by atoms with E-state index in [1.54, 1.807) is 16.3 Å². The number of nitrogens with zero attached hydrogens (tertiary/aromatic N) is 4. The van der Waals surface area contributed by atoms with Crippen LogP contribution in [0.5, 0.6) is 0 Å². The third kappa shape index (κ3) is 1.77. The van der Waals surface area contributed by atoms with E-state index in [0.717, 1.165) is 10.1 Å². The van der Waals surface area contributed by atoms with Crippen LogP contribution in [0.3, 0.4) is 0 Å². The molecule has 0 spiro atoms. The van der Waals surface area contributed by atoms with Crippen molar-refractivity contribution in [2.24, 2.45) is 14.1 Å². The van der Waals surface area contributed by atoms with Crippen molar-refractivity contribution in [2.45, 2.75) is 6.54 Å². The first-order chi connectivity index (χ1) is 9.59. The fraction of sp³-hybridized carbons (Fsp3) is 0.214. The van der Waals surface area contributed by atoms with Crippen LogP contribution in [0.4, 0.5) is 0 Å². The molecular weight excluding hydrogens is 256 g/mol. The van der Waals surface area contributed by atoms with Gasteiger partial charge in [-0.05, 0) is 5.56 Å². The Labute approximate surface area is 114 Å². The number of benzene rings is 1. The van der Waals surface area contributed by atoms with Gasteiger partial charge in [-0.2, -0.15) is 5.10 Å². The molecule has 3 rings (SSSR count). The molecule has 0 saturated carbocycles. The van der Waals surface area contributed by atoms with Crippen molar-refractivity contribution in [3.05, 3.63) is 62.9 Å². The molecule has 6 heteroatoms. The van der Waals surface area contributed by atoms with Gasteiger partial charge in [0.2, 0.25) is 0 Å². The average Bonchev–Trinajstić information content (AvgIpc) is 2.84. The summed E-state index contributed by atoms with van der Waals surface area (Å²) in [6, 6.07) is 9.65. The molecule has 0 aliphatic heterocycles. The summed E-state index contributed by atoms with van der Waals surface area (Å²) in [6.45, 7) is 0.407. The number of rotatable bonds is 2. The van der Waals surface area contributed by atoms with Crippen molar-refractivity contribution in [3.8, 4) is 0 Å². The summed E-state index contributed by atoms with van der Waals surface area (Å²) in [5, 5.41) is 4.53. The molecule has 1 aromatic carbocycles. The summed E-state index contributed by atoms with van der Waals surface area (Å²) in [5.41, 5.74) is 0.884. The summed E-state index contributed by atoms with van der Waals surface area (Å²) in [7, 11) is 3.21. The van der Waals surface area contributed by atoms with Crippen LogP contribution >= 0.6 is 0 Å². The van der Waals surface area contributed by atoms with Crippen LogP contribution in [-0.4, -0.2) is 18.9 Å². The molecule has 0 amide bonds. The molecule has 6 nitrogen and oxygen atoms in total. The topological polar surface area (TPSA) is 61.8 Å². The smallest absolute Gasteiger partial charge is 0.273 e. The van der Waals surface area contributed by atoms with Crippen LogP contribution in [0.15, 0.2) is 46.1 Å². The zero-order valence-corrected chi connectivity index (χ0v) is 11.3. The van der Waals surface area contributed by atoms with Crippen molar-refractivity contribution in [2.75, 3.05) is 0 Å². The molecule has 0 aliphatic rings. The highest BCUT2D eigenvalue weighted by atomic mass is 16.2. The van der Waals surface area contributed by atoms with Gasteiger partial charge in [-0.15, -0.1) is 0 Å². The van der Waals surface area contributed by atoms with E-state index < -0.39 is 0 Å². The Kier molecular flexibility index (Phi) is 2.78. The second-order valence-electron chi connectivity index (χ2n) is 4.72. The van der Waals surface area contributed by atoms with Gasteiger partial charge >= 0.3 is 5.69 Å². The predicted molar refractivity (Wildman–Crippen MR) is 75.8 cm³/mol. The molecular formula is C14H14N4O2. The van der Waals surface area contributed by atoms with E-state index in [4.69, 9.17) is 0 Å². The summed E-state index contributed by atoms with van der Waals surface area (Å²) in [4.78, 5) is 24.4. The van der Waals surface area contributed by atoms with Crippen molar-refractivity contribution in [1.29, 1.82) is 0 Å². The molecule has 102 valence electrons. The molecule has 0 bridgehead atoms. The SMILES string of the molecule is Cn1c(=O)c2cnn(C)c2n(Cc2ccccc2)c1=O. The van der Waals surface area contributed by atoms with E-state index in [1.165, 1.54) is 13.2 Å².